The summed E-state index contributed by atoms with van der Waals surface area (Å²) in [5.74, 6) is -0.412. The molecule has 3 nitrogen and oxygen atoms in total. The highest BCUT2D eigenvalue weighted by molar-refractivity contribution is 7.92. The Morgan fingerprint density at radius 3 is 2.43 bits per heavy atom. The van der Waals surface area contributed by atoms with Crippen LogP contribution in [0.1, 0.15) is 44.9 Å². The van der Waals surface area contributed by atoms with E-state index in [2.05, 4.69) is 0 Å². The summed E-state index contributed by atoms with van der Waals surface area (Å²) in [4.78, 5) is 0.224. The molecule has 1 aliphatic heterocycles. The molecule has 1 aromatic rings. The Kier molecular flexibility index (Phi) is 4.06. The van der Waals surface area contributed by atoms with Crippen molar-refractivity contribution in [2.75, 3.05) is 6.61 Å². The molecule has 0 amide bonds. The number of hydrogen-bond acceptors (Lipinski definition) is 3. The van der Waals surface area contributed by atoms with Crippen molar-refractivity contribution < 1.29 is 17.5 Å². The van der Waals surface area contributed by atoms with Gasteiger partial charge >= 0.3 is 0 Å². The van der Waals surface area contributed by atoms with Crippen molar-refractivity contribution in [2.45, 2.75) is 60.7 Å². The van der Waals surface area contributed by atoms with Crippen LogP contribution in [0.15, 0.2) is 29.2 Å². The highest BCUT2D eigenvalue weighted by Crippen LogP contribution is 2.41. The van der Waals surface area contributed by atoms with Crippen LogP contribution >= 0.6 is 0 Å². The maximum absolute atomic E-state index is 13.0. The minimum absolute atomic E-state index is 0.224. The molecule has 1 aromatic carbocycles. The zero-order chi connectivity index (χ0) is 14.9. The van der Waals surface area contributed by atoms with Crippen molar-refractivity contribution in [3.63, 3.8) is 0 Å². The Morgan fingerprint density at radius 2 is 1.76 bits per heavy atom. The van der Waals surface area contributed by atoms with Crippen LogP contribution in [0.3, 0.4) is 0 Å². The predicted molar refractivity (Wildman–Crippen MR) is 78.4 cm³/mol. The van der Waals surface area contributed by atoms with Crippen LogP contribution in [0.5, 0.6) is 0 Å². The first kappa shape index (κ1) is 15.0. The number of rotatable bonds is 2. The fourth-order valence-electron chi connectivity index (χ4n) is 3.61. The Labute approximate surface area is 125 Å². The van der Waals surface area contributed by atoms with E-state index in [1.807, 2.05) is 0 Å². The molecule has 1 unspecified atom stereocenters. The molecular weight excluding hydrogens is 291 g/mol. The topological polar surface area (TPSA) is 43.4 Å². The lowest BCUT2D eigenvalue weighted by atomic mass is 9.80. The largest absolute Gasteiger partial charge is 0.375 e. The molecule has 1 saturated carbocycles. The molecule has 1 heterocycles. The fraction of sp³-hybridized carbons (Fsp3) is 0.625. The molecule has 0 aromatic heterocycles. The Balaban J connectivity index is 1.83. The van der Waals surface area contributed by atoms with Gasteiger partial charge in [0.2, 0.25) is 0 Å². The second-order valence-electron chi connectivity index (χ2n) is 6.21. The highest BCUT2D eigenvalue weighted by atomic mass is 32.2. The van der Waals surface area contributed by atoms with E-state index in [9.17, 15) is 12.8 Å². The summed E-state index contributed by atoms with van der Waals surface area (Å²) in [5.41, 5.74) is -0.242. The van der Waals surface area contributed by atoms with Gasteiger partial charge in [-0.15, -0.1) is 0 Å². The summed E-state index contributed by atoms with van der Waals surface area (Å²) in [6.45, 7) is 0.505. The van der Waals surface area contributed by atoms with Crippen molar-refractivity contribution in [3.8, 4) is 0 Å². The standard InChI is InChI=1S/C16H21FO3S/c17-13-4-6-14(7-5-13)21(18,19)15-8-11-20-16(12-15)9-2-1-3-10-16/h4-7,15H,1-3,8-12H2. The summed E-state index contributed by atoms with van der Waals surface area (Å²) >= 11 is 0. The summed E-state index contributed by atoms with van der Waals surface area (Å²) < 4.78 is 44.4. The molecule has 2 aliphatic rings. The molecule has 1 saturated heterocycles. The summed E-state index contributed by atoms with van der Waals surface area (Å²) in [6.07, 6.45) is 6.46. The first-order valence-electron chi connectivity index (χ1n) is 7.65. The Hall–Kier alpha value is -0.940. The molecule has 0 N–H and O–H groups in total. The molecular formula is C16H21FO3S. The average molecular weight is 312 g/mol. The third-order valence-electron chi connectivity index (χ3n) is 4.79. The normalized spacial score (nSPS) is 25.9. The second kappa shape index (κ2) is 5.69. The van der Waals surface area contributed by atoms with Crippen LogP contribution in [0.2, 0.25) is 0 Å². The molecule has 1 atom stereocenters. The lowest BCUT2D eigenvalue weighted by molar-refractivity contribution is -0.0978. The number of ether oxygens (including phenoxy) is 1. The van der Waals surface area contributed by atoms with E-state index < -0.39 is 20.9 Å². The van der Waals surface area contributed by atoms with Gasteiger partial charge in [0.05, 0.1) is 15.7 Å². The molecule has 0 bridgehead atoms. The van der Waals surface area contributed by atoms with Crippen molar-refractivity contribution in [2.24, 2.45) is 0 Å². The minimum Gasteiger partial charge on any atom is -0.375 e. The first-order valence-corrected chi connectivity index (χ1v) is 9.20. The SMILES string of the molecule is O=S(=O)(c1ccc(F)cc1)C1CCOC2(CCCCC2)C1. The van der Waals surface area contributed by atoms with Gasteiger partial charge in [0.15, 0.2) is 9.84 Å². The molecule has 116 valence electrons. The van der Waals surface area contributed by atoms with Gasteiger partial charge in [0.25, 0.3) is 0 Å². The van der Waals surface area contributed by atoms with Gasteiger partial charge in [-0.25, -0.2) is 12.8 Å². The average Bonchev–Trinajstić information content (AvgIpc) is 2.48. The van der Waals surface area contributed by atoms with Crippen LogP contribution in [0.25, 0.3) is 0 Å². The number of halogens is 1. The van der Waals surface area contributed by atoms with Gasteiger partial charge in [-0.2, -0.15) is 0 Å². The van der Waals surface area contributed by atoms with Gasteiger partial charge < -0.3 is 4.74 Å². The number of benzene rings is 1. The highest BCUT2D eigenvalue weighted by Gasteiger charge is 2.43. The zero-order valence-corrected chi connectivity index (χ0v) is 12.9. The summed E-state index contributed by atoms with van der Waals surface area (Å²) in [6, 6.07) is 5.16. The minimum atomic E-state index is -3.40. The third kappa shape index (κ3) is 2.99. The van der Waals surface area contributed by atoms with E-state index >= 15 is 0 Å². The van der Waals surface area contributed by atoms with E-state index in [0.29, 0.717) is 19.4 Å². The van der Waals surface area contributed by atoms with Crippen LogP contribution in [0, 0.1) is 5.82 Å². The summed E-state index contributed by atoms with van der Waals surface area (Å²) in [7, 11) is -3.40. The van der Waals surface area contributed by atoms with Gasteiger partial charge in [-0.05, 0) is 49.9 Å². The molecule has 1 aliphatic carbocycles. The Bertz CT molecular complexity index is 583. The van der Waals surface area contributed by atoms with Gasteiger partial charge in [-0.3, -0.25) is 0 Å². The number of hydrogen-bond donors (Lipinski definition) is 0. The fourth-order valence-corrected chi connectivity index (χ4v) is 5.44. The van der Waals surface area contributed by atoms with Crippen molar-refractivity contribution in [1.29, 1.82) is 0 Å². The van der Waals surface area contributed by atoms with Crippen LogP contribution < -0.4 is 0 Å². The molecule has 21 heavy (non-hydrogen) atoms. The molecule has 0 radical (unpaired) electrons. The van der Waals surface area contributed by atoms with E-state index in [0.717, 1.165) is 25.7 Å². The predicted octanol–water partition coefficient (Wildman–Crippen LogP) is 3.48. The van der Waals surface area contributed by atoms with Crippen molar-refractivity contribution in [3.05, 3.63) is 30.1 Å². The lowest BCUT2D eigenvalue weighted by Crippen LogP contribution is -2.45. The molecule has 5 heteroatoms. The van der Waals surface area contributed by atoms with Crippen molar-refractivity contribution >= 4 is 9.84 Å². The van der Waals surface area contributed by atoms with Crippen LogP contribution in [0.4, 0.5) is 4.39 Å². The van der Waals surface area contributed by atoms with Crippen LogP contribution in [-0.4, -0.2) is 25.9 Å². The molecule has 1 spiro atoms. The lowest BCUT2D eigenvalue weighted by Gasteiger charge is -2.43. The first-order chi connectivity index (χ1) is 10.0. The molecule has 2 fully saturated rings. The maximum Gasteiger partial charge on any atom is 0.181 e. The maximum atomic E-state index is 13.0. The van der Waals surface area contributed by atoms with Crippen molar-refractivity contribution in [1.82, 2.24) is 0 Å². The van der Waals surface area contributed by atoms with E-state index in [4.69, 9.17) is 4.74 Å². The third-order valence-corrected chi connectivity index (χ3v) is 7.00. The smallest absolute Gasteiger partial charge is 0.181 e. The Morgan fingerprint density at radius 1 is 1.10 bits per heavy atom. The zero-order valence-electron chi connectivity index (χ0n) is 12.1. The van der Waals surface area contributed by atoms with Gasteiger partial charge in [0, 0.05) is 6.61 Å². The second-order valence-corrected chi connectivity index (χ2v) is 8.43. The molecule has 3 rings (SSSR count). The van der Waals surface area contributed by atoms with Gasteiger partial charge in [-0.1, -0.05) is 19.3 Å². The van der Waals surface area contributed by atoms with Gasteiger partial charge in [0.1, 0.15) is 5.82 Å². The van der Waals surface area contributed by atoms with E-state index in [-0.39, 0.29) is 10.5 Å². The monoisotopic (exact) mass is 312 g/mol. The number of sulfone groups is 1. The van der Waals surface area contributed by atoms with E-state index in [1.54, 1.807) is 0 Å². The summed E-state index contributed by atoms with van der Waals surface area (Å²) in [5, 5.41) is -0.408. The van der Waals surface area contributed by atoms with Crippen LogP contribution in [-0.2, 0) is 14.6 Å². The van der Waals surface area contributed by atoms with E-state index in [1.165, 1.54) is 30.7 Å². The quantitative estimate of drug-likeness (QED) is 0.785.